The van der Waals surface area contributed by atoms with Crippen LogP contribution in [0.15, 0.2) is 22.5 Å². The molecule has 2 rings (SSSR count). The molecular formula is C11H9N3O2S2. The molecule has 0 aliphatic heterocycles. The molecule has 0 aliphatic carbocycles. The van der Waals surface area contributed by atoms with E-state index in [4.69, 9.17) is 5.26 Å². The Balaban J connectivity index is 2.12. The minimum absolute atomic E-state index is 0.0900. The van der Waals surface area contributed by atoms with Gasteiger partial charge in [-0.3, -0.25) is 10.1 Å². The molecule has 0 aliphatic rings. The molecular weight excluding hydrogens is 270 g/mol. The first-order valence-electron chi connectivity index (χ1n) is 5.25. The van der Waals surface area contributed by atoms with E-state index in [2.05, 4.69) is 11.1 Å². The highest BCUT2D eigenvalue weighted by Gasteiger charge is 2.10. The summed E-state index contributed by atoms with van der Waals surface area (Å²) in [5.74, 6) is 0.843. The number of nitrogens with zero attached hydrogens (tertiary/aromatic N) is 3. The maximum atomic E-state index is 10.6. The van der Waals surface area contributed by atoms with Crippen LogP contribution >= 0.6 is 23.1 Å². The van der Waals surface area contributed by atoms with Gasteiger partial charge in [0.1, 0.15) is 0 Å². The first-order chi connectivity index (χ1) is 8.70. The number of nitro groups is 1. The van der Waals surface area contributed by atoms with Crippen LogP contribution in [0.2, 0.25) is 0 Å². The summed E-state index contributed by atoms with van der Waals surface area (Å²) in [5.41, 5.74) is 0.876. The molecule has 0 unspecified atom stereocenters. The first kappa shape index (κ1) is 12.8. The van der Waals surface area contributed by atoms with Crippen molar-refractivity contribution in [3.05, 3.63) is 28.3 Å². The number of hydrogen-bond donors (Lipinski definition) is 0. The van der Waals surface area contributed by atoms with Crippen LogP contribution in [0, 0.1) is 21.4 Å². The van der Waals surface area contributed by atoms with Gasteiger partial charge < -0.3 is 0 Å². The molecule has 1 aromatic heterocycles. The molecule has 5 nitrogen and oxygen atoms in total. The molecule has 0 radical (unpaired) electrons. The fraction of sp³-hybridized carbons (Fsp3) is 0.273. The Kier molecular flexibility index (Phi) is 4.12. The monoisotopic (exact) mass is 279 g/mol. The number of unbranched alkanes of at least 4 members (excludes halogenated alkanes) is 1. The van der Waals surface area contributed by atoms with Crippen LogP contribution in [0.25, 0.3) is 10.2 Å². The van der Waals surface area contributed by atoms with Crippen molar-refractivity contribution in [3.8, 4) is 6.07 Å². The van der Waals surface area contributed by atoms with Crippen LogP contribution in [0.5, 0.6) is 0 Å². The summed E-state index contributed by atoms with van der Waals surface area (Å²) in [7, 11) is 0. The molecule has 0 saturated carbocycles. The van der Waals surface area contributed by atoms with Crippen molar-refractivity contribution in [2.24, 2.45) is 0 Å². The maximum absolute atomic E-state index is 10.6. The average Bonchev–Trinajstić information content (AvgIpc) is 2.76. The number of thioether (sulfide) groups is 1. The second-order valence-corrected chi connectivity index (χ2v) is 5.87. The van der Waals surface area contributed by atoms with Gasteiger partial charge in [-0.05, 0) is 12.5 Å². The smallest absolute Gasteiger partial charge is 0.258 e. The van der Waals surface area contributed by atoms with Crippen molar-refractivity contribution >= 4 is 39.0 Å². The molecule has 0 atom stereocenters. The normalized spacial score (nSPS) is 10.4. The number of rotatable bonds is 5. The van der Waals surface area contributed by atoms with Crippen molar-refractivity contribution in [2.45, 2.75) is 17.2 Å². The lowest BCUT2D eigenvalue weighted by molar-refractivity contribution is -0.384. The molecule has 1 heterocycles. The van der Waals surface area contributed by atoms with E-state index in [9.17, 15) is 10.1 Å². The molecule has 0 bridgehead atoms. The third kappa shape index (κ3) is 2.97. The summed E-state index contributed by atoms with van der Waals surface area (Å²) in [4.78, 5) is 14.6. The van der Waals surface area contributed by atoms with E-state index in [-0.39, 0.29) is 5.69 Å². The molecule has 0 N–H and O–H groups in total. The van der Waals surface area contributed by atoms with Crippen molar-refractivity contribution in [1.82, 2.24) is 4.98 Å². The maximum Gasteiger partial charge on any atom is 0.270 e. The van der Waals surface area contributed by atoms with Gasteiger partial charge in [-0.15, -0.1) is 11.3 Å². The zero-order valence-electron chi connectivity index (χ0n) is 9.33. The average molecular weight is 279 g/mol. The lowest BCUT2D eigenvalue weighted by Gasteiger charge is -1.91. The van der Waals surface area contributed by atoms with Gasteiger partial charge in [0.05, 0.1) is 21.2 Å². The van der Waals surface area contributed by atoms with Crippen LogP contribution in [-0.4, -0.2) is 15.7 Å². The van der Waals surface area contributed by atoms with E-state index in [1.165, 1.54) is 17.4 Å². The Morgan fingerprint density at radius 1 is 1.56 bits per heavy atom. The summed E-state index contributed by atoms with van der Waals surface area (Å²) in [6.45, 7) is 0. The lowest BCUT2D eigenvalue weighted by Crippen LogP contribution is -1.85. The van der Waals surface area contributed by atoms with Crippen LogP contribution in [0.3, 0.4) is 0 Å². The van der Waals surface area contributed by atoms with Crippen molar-refractivity contribution < 1.29 is 4.92 Å². The van der Waals surface area contributed by atoms with E-state index in [1.807, 2.05) is 0 Å². The molecule has 92 valence electrons. The van der Waals surface area contributed by atoms with E-state index < -0.39 is 4.92 Å². The predicted molar refractivity (Wildman–Crippen MR) is 71.8 cm³/mol. The quantitative estimate of drug-likeness (QED) is 0.361. The number of benzene rings is 1. The number of fused-ring (bicyclic) bond motifs is 1. The van der Waals surface area contributed by atoms with Gasteiger partial charge in [0.25, 0.3) is 5.69 Å². The molecule has 0 fully saturated rings. The topological polar surface area (TPSA) is 79.8 Å². The highest BCUT2D eigenvalue weighted by atomic mass is 32.2. The Morgan fingerprint density at radius 3 is 3.11 bits per heavy atom. The van der Waals surface area contributed by atoms with Crippen molar-refractivity contribution in [2.75, 3.05) is 5.75 Å². The predicted octanol–water partition coefficient (Wildman–Crippen LogP) is 3.60. The van der Waals surface area contributed by atoms with Crippen LogP contribution in [0.1, 0.15) is 12.8 Å². The summed E-state index contributed by atoms with van der Waals surface area (Å²) in [5, 5.41) is 19.1. The van der Waals surface area contributed by atoms with E-state index in [0.29, 0.717) is 6.42 Å². The van der Waals surface area contributed by atoms with E-state index >= 15 is 0 Å². The highest BCUT2D eigenvalue weighted by Crippen LogP contribution is 2.32. The minimum Gasteiger partial charge on any atom is -0.258 e. The van der Waals surface area contributed by atoms with E-state index in [0.717, 1.165) is 26.7 Å². The molecule has 7 heteroatoms. The first-order valence-corrected chi connectivity index (χ1v) is 7.05. The van der Waals surface area contributed by atoms with Crippen LogP contribution < -0.4 is 0 Å². The number of hydrogen-bond acceptors (Lipinski definition) is 6. The van der Waals surface area contributed by atoms with Crippen molar-refractivity contribution in [3.63, 3.8) is 0 Å². The lowest BCUT2D eigenvalue weighted by atomic mass is 10.3. The Hall–Kier alpha value is -1.65. The zero-order chi connectivity index (χ0) is 13.0. The number of non-ortho nitro benzene ring substituents is 1. The minimum atomic E-state index is -0.404. The molecule has 18 heavy (non-hydrogen) atoms. The number of nitriles is 1. The number of thiazole rings is 1. The van der Waals surface area contributed by atoms with Gasteiger partial charge >= 0.3 is 0 Å². The fourth-order valence-electron chi connectivity index (χ4n) is 1.38. The van der Waals surface area contributed by atoms with Gasteiger partial charge in [-0.2, -0.15) is 5.26 Å². The molecule has 0 spiro atoms. The van der Waals surface area contributed by atoms with Gasteiger partial charge in [0.15, 0.2) is 4.34 Å². The second kappa shape index (κ2) is 5.80. The van der Waals surface area contributed by atoms with Gasteiger partial charge in [0, 0.05) is 24.3 Å². The standard InChI is InChI=1S/C11H9N3O2S2/c12-5-1-2-6-17-11-13-9-4-3-8(14(15)16)7-10(9)18-11/h3-4,7H,1-2,6H2. The van der Waals surface area contributed by atoms with Gasteiger partial charge in [-0.25, -0.2) is 4.98 Å². The largest absolute Gasteiger partial charge is 0.270 e. The van der Waals surface area contributed by atoms with Crippen LogP contribution in [-0.2, 0) is 0 Å². The second-order valence-electron chi connectivity index (χ2n) is 3.50. The van der Waals surface area contributed by atoms with Crippen LogP contribution in [0.4, 0.5) is 5.69 Å². The Bertz CT molecular complexity index is 618. The zero-order valence-corrected chi connectivity index (χ0v) is 11.0. The molecule has 1 aromatic carbocycles. The number of nitro benzene ring substituents is 1. The summed E-state index contributed by atoms with van der Waals surface area (Å²) in [6.07, 6.45) is 1.38. The molecule has 0 saturated heterocycles. The summed E-state index contributed by atoms with van der Waals surface area (Å²) < 4.78 is 1.72. The summed E-state index contributed by atoms with van der Waals surface area (Å²) >= 11 is 3.04. The molecule has 0 amide bonds. The third-order valence-corrected chi connectivity index (χ3v) is 4.47. The Labute approximate surface area is 112 Å². The highest BCUT2D eigenvalue weighted by molar-refractivity contribution is 8.01. The number of aromatic nitrogens is 1. The van der Waals surface area contributed by atoms with E-state index in [1.54, 1.807) is 23.9 Å². The Morgan fingerprint density at radius 2 is 2.39 bits per heavy atom. The SMILES string of the molecule is N#CCCCSc1nc2ccc([N+](=O)[O-])cc2s1. The van der Waals surface area contributed by atoms with Gasteiger partial charge in [-0.1, -0.05) is 11.8 Å². The summed E-state index contributed by atoms with van der Waals surface area (Å²) in [6, 6.07) is 6.78. The third-order valence-electron chi connectivity index (χ3n) is 2.22. The van der Waals surface area contributed by atoms with Gasteiger partial charge in [0.2, 0.25) is 0 Å². The molecule has 2 aromatic rings. The fourth-order valence-corrected chi connectivity index (χ4v) is 3.49. The van der Waals surface area contributed by atoms with Crippen molar-refractivity contribution in [1.29, 1.82) is 5.26 Å².